The van der Waals surface area contributed by atoms with Gasteiger partial charge in [-0.1, -0.05) is 30.3 Å². The molecule has 0 aliphatic heterocycles. The van der Waals surface area contributed by atoms with Crippen LogP contribution in [-0.4, -0.2) is 46.2 Å². The van der Waals surface area contributed by atoms with Crippen molar-refractivity contribution in [3.63, 3.8) is 0 Å². The molecule has 0 aromatic heterocycles. The van der Waals surface area contributed by atoms with E-state index in [-0.39, 0.29) is 30.6 Å². The topological polar surface area (TPSA) is 69.7 Å². The second-order valence-corrected chi connectivity index (χ2v) is 11.0. The maximum absolute atomic E-state index is 12.6. The number of rotatable bonds is 9. The summed E-state index contributed by atoms with van der Waals surface area (Å²) < 4.78 is 10.7. The van der Waals surface area contributed by atoms with Crippen molar-refractivity contribution in [1.29, 1.82) is 0 Å². The fraction of sp³-hybridized carbons (Fsp3) is 0.591. The predicted molar refractivity (Wildman–Crippen MR) is 114 cm³/mol. The van der Waals surface area contributed by atoms with Gasteiger partial charge in [-0.3, -0.25) is 14.4 Å². The summed E-state index contributed by atoms with van der Waals surface area (Å²) in [7, 11) is -0.404. The van der Waals surface area contributed by atoms with Gasteiger partial charge in [0, 0.05) is 5.56 Å². The molecule has 0 aliphatic carbocycles. The van der Waals surface area contributed by atoms with Gasteiger partial charge in [-0.25, -0.2) is 0 Å². The molecule has 0 N–H and O–H groups in total. The van der Waals surface area contributed by atoms with Crippen molar-refractivity contribution in [2.45, 2.75) is 65.6 Å². The van der Waals surface area contributed by atoms with E-state index in [4.69, 9.17) is 9.47 Å². The lowest BCUT2D eigenvalue weighted by Gasteiger charge is -2.20. The summed E-state index contributed by atoms with van der Waals surface area (Å²) in [6.07, 6.45) is 0.466. The van der Waals surface area contributed by atoms with Gasteiger partial charge in [-0.2, -0.15) is 0 Å². The van der Waals surface area contributed by atoms with E-state index in [1.807, 2.05) is 59.7 Å². The first-order chi connectivity index (χ1) is 12.9. The first-order valence-electron chi connectivity index (χ1n) is 9.52. The number of hydrogen-bond acceptors (Lipinski definition) is 5. The van der Waals surface area contributed by atoms with E-state index in [1.54, 1.807) is 12.1 Å². The van der Waals surface area contributed by atoms with Crippen molar-refractivity contribution in [3.8, 4) is 0 Å². The zero-order chi connectivity index (χ0) is 21.4. The van der Waals surface area contributed by atoms with E-state index >= 15 is 0 Å². The van der Waals surface area contributed by atoms with Gasteiger partial charge < -0.3 is 9.47 Å². The molecule has 1 rings (SSSR count). The summed E-state index contributed by atoms with van der Waals surface area (Å²) in [5.41, 5.74) is -0.424. The third kappa shape index (κ3) is 11.1. The highest BCUT2D eigenvalue weighted by molar-refractivity contribution is 7.97. The lowest BCUT2D eigenvalue weighted by atomic mass is 10.2. The Labute approximate surface area is 171 Å². The quantitative estimate of drug-likeness (QED) is 0.351. The van der Waals surface area contributed by atoms with E-state index in [9.17, 15) is 14.4 Å². The molecule has 1 aromatic carbocycles. The van der Waals surface area contributed by atoms with Gasteiger partial charge in [0.2, 0.25) is 5.78 Å². The van der Waals surface area contributed by atoms with Crippen molar-refractivity contribution < 1.29 is 23.9 Å². The number of carbonyl (C=O) groups is 3. The molecule has 5 nitrogen and oxygen atoms in total. The van der Waals surface area contributed by atoms with Crippen LogP contribution in [0.1, 0.15) is 64.7 Å². The maximum Gasteiger partial charge on any atom is 0.311 e. The van der Waals surface area contributed by atoms with Crippen LogP contribution < -0.4 is 0 Å². The van der Waals surface area contributed by atoms with E-state index in [0.717, 1.165) is 0 Å². The number of ether oxygens (including phenoxy) is 2. The molecular formula is C22H33O5S+. The van der Waals surface area contributed by atoms with Crippen molar-refractivity contribution in [2.24, 2.45) is 0 Å². The highest BCUT2D eigenvalue weighted by atomic mass is 32.2. The molecule has 0 radical (unpaired) electrons. The summed E-state index contributed by atoms with van der Waals surface area (Å²) in [4.78, 5) is 36.7. The molecule has 0 aliphatic rings. The van der Waals surface area contributed by atoms with E-state index < -0.39 is 22.1 Å². The molecule has 0 atom stereocenters. The molecule has 0 amide bonds. The molecule has 28 heavy (non-hydrogen) atoms. The summed E-state index contributed by atoms with van der Waals surface area (Å²) in [6, 6.07) is 9.08. The molecule has 0 saturated heterocycles. The average molecular weight is 410 g/mol. The molecule has 0 bridgehead atoms. The number of hydrogen-bond donors (Lipinski definition) is 0. The SMILES string of the molecule is CC(C)(C)OC(=O)CC[S+](CCC(=O)OC(C)(C)C)CC(=O)c1ccccc1. The smallest absolute Gasteiger partial charge is 0.311 e. The summed E-state index contributed by atoms with van der Waals surface area (Å²) in [5.74, 6) is 0.823. The van der Waals surface area contributed by atoms with Crippen LogP contribution in [0.4, 0.5) is 0 Å². The van der Waals surface area contributed by atoms with Gasteiger partial charge in [0.25, 0.3) is 0 Å². The predicted octanol–water partition coefficient (Wildman–Crippen LogP) is 3.95. The largest absolute Gasteiger partial charge is 0.460 e. The van der Waals surface area contributed by atoms with Crippen LogP contribution in [0.2, 0.25) is 0 Å². The Bertz CT molecular complexity index is 624. The Kier molecular flexibility index (Phi) is 9.21. The molecule has 0 heterocycles. The van der Waals surface area contributed by atoms with Gasteiger partial charge in [-0.15, -0.1) is 0 Å². The fourth-order valence-electron chi connectivity index (χ4n) is 2.38. The standard InChI is InChI=1S/C22H33O5S/c1-21(2,3)26-19(24)12-14-28(15-13-20(25)27-22(4,5)6)16-18(23)17-10-8-7-9-11-17/h7-11H,12-16H2,1-6H3/q+1. The van der Waals surface area contributed by atoms with Crippen LogP contribution in [0.15, 0.2) is 30.3 Å². The van der Waals surface area contributed by atoms with Gasteiger partial charge in [0.15, 0.2) is 5.75 Å². The van der Waals surface area contributed by atoms with Crippen LogP contribution in [0.25, 0.3) is 0 Å². The van der Waals surface area contributed by atoms with Crippen molar-refractivity contribution in [3.05, 3.63) is 35.9 Å². The van der Waals surface area contributed by atoms with Gasteiger partial charge >= 0.3 is 11.9 Å². The first kappa shape index (κ1) is 24.2. The summed E-state index contributed by atoms with van der Waals surface area (Å²) >= 11 is 0. The molecule has 156 valence electrons. The number of esters is 2. The van der Waals surface area contributed by atoms with Crippen molar-refractivity contribution in [1.82, 2.24) is 0 Å². The molecule has 1 aromatic rings. The van der Waals surface area contributed by atoms with Gasteiger partial charge in [-0.05, 0) is 52.4 Å². The monoisotopic (exact) mass is 409 g/mol. The van der Waals surface area contributed by atoms with Crippen LogP contribution >= 0.6 is 0 Å². The van der Waals surface area contributed by atoms with Crippen LogP contribution in [0.3, 0.4) is 0 Å². The molecule has 0 fully saturated rings. The lowest BCUT2D eigenvalue weighted by molar-refractivity contribution is -0.155. The minimum atomic E-state index is -0.536. The normalized spacial score (nSPS) is 12.0. The Morgan fingerprint density at radius 2 is 1.21 bits per heavy atom. The van der Waals surface area contributed by atoms with Crippen molar-refractivity contribution >= 4 is 28.6 Å². The molecular weight excluding hydrogens is 376 g/mol. The number of benzene rings is 1. The average Bonchev–Trinajstić information content (AvgIpc) is 2.55. The third-order valence-corrected chi connectivity index (χ3v) is 5.69. The van der Waals surface area contributed by atoms with Crippen molar-refractivity contribution in [2.75, 3.05) is 17.3 Å². The second-order valence-electron chi connectivity index (χ2n) is 8.63. The fourth-order valence-corrected chi connectivity index (χ4v) is 4.32. The van der Waals surface area contributed by atoms with Crippen LogP contribution in [0, 0.1) is 0 Å². The maximum atomic E-state index is 12.6. The Hall–Kier alpha value is -1.82. The third-order valence-electron chi connectivity index (χ3n) is 3.46. The minimum absolute atomic E-state index is 0.0253. The highest BCUT2D eigenvalue weighted by Crippen LogP contribution is 2.14. The highest BCUT2D eigenvalue weighted by Gasteiger charge is 2.28. The van der Waals surface area contributed by atoms with Gasteiger partial charge in [0.05, 0.1) is 12.8 Å². The molecule has 0 unspecified atom stereocenters. The second kappa shape index (κ2) is 10.6. The summed E-state index contributed by atoms with van der Waals surface area (Å²) in [6.45, 7) is 11.0. The summed E-state index contributed by atoms with van der Waals surface area (Å²) in [5, 5.41) is 0. The van der Waals surface area contributed by atoms with Gasteiger partial charge in [0.1, 0.15) is 22.7 Å². The zero-order valence-corrected chi connectivity index (χ0v) is 18.7. The van der Waals surface area contributed by atoms with Crippen LogP contribution in [-0.2, 0) is 30.0 Å². The number of ketones is 1. The Morgan fingerprint density at radius 3 is 1.61 bits per heavy atom. The first-order valence-corrected chi connectivity index (χ1v) is 11.2. The number of carbonyl (C=O) groups excluding carboxylic acids is 3. The van der Waals surface area contributed by atoms with Crippen LogP contribution in [0.5, 0.6) is 0 Å². The Morgan fingerprint density at radius 1 is 0.786 bits per heavy atom. The lowest BCUT2D eigenvalue weighted by Crippen LogP contribution is -2.30. The number of Topliss-reactive ketones (excluding diaryl/α,β-unsaturated/α-hetero) is 1. The van der Waals surface area contributed by atoms with E-state index in [2.05, 4.69) is 0 Å². The minimum Gasteiger partial charge on any atom is -0.460 e. The Balaban J connectivity index is 2.69. The van der Waals surface area contributed by atoms with E-state index in [1.165, 1.54) is 0 Å². The van der Waals surface area contributed by atoms with E-state index in [0.29, 0.717) is 22.8 Å². The molecule has 0 saturated carbocycles. The molecule has 6 heteroatoms. The molecule has 0 spiro atoms. The zero-order valence-electron chi connectivity index (χ0n) is 17.9.